The lowest BCUT2D eigenvalue weighted by molar-refractivity contribution is 0.202. The third-order valence-electron chi connectivity index (χ3n) is 3.70. The Morgan fingerprint density at radius 2 is 2.09 bits per heavy atom. The maximum atomic E-state index is 7.34. The molecule has 0 amide bonds. The van der Waals surface area contributed by atoms with Crippen LogP contribution in [0.1, 0.15) is 23.7 Å². The molecular formula is C18H17BrN2OS. The quantitative estimate of drug-likeness (QED) is 0.575. The van der Waals surface area contributed by atoms with E-state index < -0.39 is 0 Å². The Morgan fingerprint density at radius 3 is 2.83 bits per heavy atom. The van der Waals surface area contributed by atoms with E-state index in [0.29, 0.717) is 5.75 Å². The van der Waals surface area contributed by atoms with Crippen molar-refractivity contribution < 1.29 is 4.74 Å². The summed E-state index contributed by atoms with van der Waals surface area (Å²) in [5.74, 6) is 1.59. The molecule has 0 aromatic heterocycles. The molecule has 118 valence electrons. The Kier molecular flexibility index (Phi) is 5.08. The lowest BCUT2D eigenvalue weighted by Crippen LogP contribution is -2.15. The molecule has 3 N–H and O–H groups in total. The Balaban J connectivity index is 1.93. The van der Waals surface area contributed by atoms with Crippen LogP contribution in [0.15, 0.2) is 59.1 Å². The number of ether oxygens (including phenoxy) is 1. The minimum atomic E-state index is 0.0125. The second-order valence-electron chi connectivity index (χ2n) is 5.27. The molecule has 0 fully saturated rings. The first-order chi connectivity index (χ1) is 11.1. The number of hydrogen-bond acceptors (Lipinski definition) is 3. The fraction of sp³-hybridized carbons (Fsp3) is 0.167. The molecule has 23 heavy (non-hydrogen) atoms. The number of amidine groups is 1. The third kappa shape index (κ3) is 3.98. The van der Waals surface area contributed by atoms with Crippen LogP contribution in [0.4, 0.5) is 0 Å². The molecule has 5 heteroatoms. The normalized spacial score (nSPS) is 18.3. The van der Waals surface area contributed by atoms with Crippen molar-refractivity contribution in [2.45, 2.75) is 12.5 Å². The molecule has 1 aliphatic heterocycles. The number of rotatable bonds is 3. The van der Waals surface area contributed by atoms with Crippen LogP contribution in [0.2, 0.25) is 0 Å². The van der Waals surface area contributed by atoms with E-state index in [0.717, 1.165) is 22.2 Å². The van der Waals surface area contributed by atoms with E-state index in [-0.39, 0.29) is 11.3 Å². The van der Waals surface area contributed by atoms with Crippen LogP contribution in [-0.2, 0) is 0 Å². The minimum absolute atomic E-state index is 0.0125. The number of hydrogen-bond donors (Lipinski definition) is 2. The summed E-state index contributed by atoms with van der Waals surface area (Å²) >= 11 is 4.86. The Hall–Kier alpha value is -1.72. The first-order valence-electron chi connectivity index (χ1n) is 7.31. The van der Waals surface area contributed by atoms with E-state index in [1.54, 1.807) is 0 Å². The van der Waals surface area contributed by atoms with Crippen LogP contribution >= 0.6 is 27.7 Å². The van der Waals surface area contributed by atoms with Crippen LogP contribution in [-0.4, -0.2) is 10.9 Å². The molecule has 1 heterocycles. The van der Waals surface area contributed by atoms with Gasteiger partial charge in [0.15, 0.2) is 5.17 Å². The van der Waals surface area contributed by atoms with Gasteiger partial charge in [-0.15, -0.1) is 0 Å². The predicted octanol–water partition coefficient (Wildman–Crippen LogP) is 4.98. The largest absolute Gasteiger partial charge is 0.485 e. The molecule has 2 aromatic carbocycles. The molecule has 0 spiro atoms. The molecular weight excluding hydrogens is 372 g/mol. The number of benzene rings is 2. The topological polar surface area (TPSA) is 59.1 Å². The zero-order chi connectivity index (χ0) is 16.2. The summed E-state index contributed by atoms with van der Waals surface area (Å²) in [6.45, 7) is 0. The zero-order valence-electron chi connectivity index (χ0n) is 12.5. The summed E-state index contributed by atoms with van der Waals surface area (Å²) in [7, 11) is 0. The van der Waals surface area contributed by atoms with Crippen LogP contribution in [0.3, 0.4) is 0 Å². The van der Waals surface area contributed by atoms with Gasteiger partial charge in [0.05, 0.1) is 0 Å². The van der Waals surface area contributed by atoms with E-state index in [1.807, 2.05) is 30.3 Å². The van der Waals surface area contributed by atoms with Gasteiger partial charge >= 0.3 is 0 Å². The standard InChI is InChI=1S/C18H17BrN2OS/c19-14-6-7-16-15(11-14)13(8-9-23-18(20)21)10-17(22-16)12-4-2-1-3-5-12/h1-8,11,17H,9-10H2,(H3,20,21)/b13-8+. The lowest BCUT2D eigenvalue weighted by Gasteiger charge is -2.29. The van der Waals surface area contributed by atoms with E-state index in [4.69, 9.17) is 15.9 Å². The van der Waals surface area contributed by atoms with Gasteiger partial charge in [-0.05, 0) is 29.3 Å². The van der Waals surface area contributed by atoms with Gasteiger partial charge in [0, 0.05) is 22.2 Å². The van der Waals surface area contributed by atoms with Gasteiger partial charge in [-0.1, -0.05) is 64.1 Å². The van der Waals surface area contributed by atoms with E-state index in [9.17, 15) is 0 Å². The van der Waals surface area contributed by atoms with Crippen molar-refractivity contribution in [3.05, 3.63) is 70.2 Å². The number of nitrogens with two attached hydrogens (primary N) is 1. The molecule has 0 saturated carbocycles. The average Bonchev–Trinajstić information content (AvgIpc) is 2.55. The highest BCUT2D eigenvalue weighted by molar-refractivity contribution is 9.10. The molecule has 1 aliphatic rings. The number of nitrogens with one attached hydrogen (secondary N) is 1. The highest BCUT2D eigenvalue weighted by Crippen LogP contribution is 2.42. The molecule has 2 aromatic rings. The van der Waals surface area contributed by atoms with Crippen molar-refractivity contribution in [1.82, 2.24) is 0 Å². The van der Waals surface area contributed by atoms with E-state index in [1.165, 1.54) is 22.9 Å². The third-order valence-corrected chi connectivity index (χ3v) is 4.84. The molecule has 0 saturated heterocycles. The van der Waals surface area contributed by atoms with Gasteiger partial charge in [0.25, 0.3) is 0 Å². The maximum absolute atomic E-state index is 7.34. The molecule has 3 nitrogen and oxygen atoms in total. The summed E-state index contributed by atoms with van der Waals surface area (Å²) < 4.78 is 7.23. The highest BCUT2D eigenvalue weighted by Gasteiger charge is 2.24. The number of halogens is 1. The summed E-state index contributed by atoms with van der Waals surface area (Å²) in [5, 5.41) is 7.49. The van der Waals surface area contributed by atoms with E-state index >= 15 is 0 Å². The fourth-order valence-corrected chi connectivity index (χ4v) is 3.46. The van der Waals surface area contributed by atoms with Crippen LogP contribution < -0.4 is 10.5 Å². The van der Waals surface area contributed by atoms with Crippen molar-refractivity contribution in [3.8, 4) is 5.75 Å². The lowest BCUT2D eigenvalue weighted by atomic mass is 9.92. The smallest absolute Gasteiger partial charge is 0.151 e. The Bertz CT molecular complexity index is 746. The first-order valence-corrected chi connectivity index (χ1v) is 9.08. The summed E-state index contributed by atoms with van der Waals surface area (Å²) in [4.78, 5) is 0. The van der Waals surface area contributed by atoms with Gasteiger partial charge in [0.2, 0.25) is 0 Å². The van der Waals surface area contributed by atoms with Crippen molar-refractivity contribution in [3.63, 3.8) is 0 Å². The van der Waals surface area contributed by atoms with Crippen molar-refractivity contribution in [1.29, 1.82) is 5.41 Å². The molecule has 0 radical (unpaired) electrons. The second kappa shape index (κ2) is 7.23. The first kappa shape index (κ1) is 16.1. The SMILES string of the molecule is N=C(N)SC/C=C1\CC(c2ccccc2)Oc2ccc(Br)cc21. The van der Waals surface area contributed by atoms with Crippen molar-refractivity contribution >= 4 is 38.4 Å². The van der Waals surface area contributed by atoms with Crippen molar-refractivity contribution in [2.24, 2.45) is 5.73 Å². The monoisotopic (exact) mass is 388 g/mol. The van der Waals surface area contributed by atoms with Crippen LogP contribution in [0, 0.1) is 5.41 Å². The Labute approximate surface area is 148 Å². The van der Waals surface area contributed by atoms with Gasteiger partial charge in [-0.2, -0.15) is 0 Å². The molecule has 0 bridgehead atoms. The molecule has 1 unspecified atom stereocenters. The average molecular weight is 389 g/mol. The Morgan fingerprint density at radius 1 is 1.30 bits per heavy atom. The van der Waals surface area contributed by atoms with Crippen LogP contribution in [0.5, 0.6) is 5.75 Å². The molecule has 3 rings (SSSR count). The number of fused-ring (bicyclic) bond motifs is 1. The molecule has 0 aliphatic carbocycles. The van der Waals surface area contributed by atoms with Gasteiger partial charge in [-0.25, -0.2) is 0 Å². The van der Waals surface area contributed by atoms with Crippen molar-refractivity contribution in [2.75, 3.05) is 5.75 Å². The summed E-state index contributed by atoms with van der Waals surface area (Å²) in [6, 6.07) is 16.3. The van der Waals surface area contributed by atoms with Crippen LogP contribution in [0.25, 0.3) is 5.57 Å². The zero-order valence-corrected chi connectivity index (χ0v) is 14.9. The number of thioether (sulfide) groups is 1. The predicted molar refractivity (Wildman–Crippen MR) is 101 cm³/mol. The van der Waals surface area contributed by atoms with Gasteiger partial charge < -0.3 is 10.5 Å². The maximum Gasteiger partial charge on any atom is 0.151 e. The molecule has 1 atom stereocenters. The summed E-state index contributed by atoms with van der Waals surface area (Å²) in [5.41, 5.74) is 8.94. The van der Waals surface area contributed by atoms with Gasteiger partial charge in [-0.3, -0.25) is 5.41 Å². The second-order valence-corrected chi connectivity index (χ2v) is 7.24. The minimum Gasteiger partial charge on any atom is -0.485 e. The summed E-state index contributed by atoms with van der Waals surface area (Å²) in [6.07, 6.45) is 2.97. The van der Waals surface area contributed by atoms with Gasteiger partial charge in [0.1, 0.15) is 11.9 Å². The van der Waals surface area contributed by atoms with E-state index in [2.05, 4.69) is 40.2 Å². The fourth-order valence-electron chi connectivity index (χ4n) is 2.64. The highest BCUT2D eigenvalue weighted by atomic mass is 79.9.